The van der Waals surface area contributed by atoms with E-state index in [1.165, 1.54) is 19.2 Å². The molecule has 0 atom stereocenters. The molecule has 0 radical (unpaired) electrons. The Labute approximate surface area is 95.2 Å². The molecule has 0 fully saturated rings. The molecule has 1 N–H and O–H groups in total. The number of ether oxygens (including phenoxy) is 1. The van der Waals surface area contributed by atoms with Gasteiger partial charge < -0.3 is 9.84 Å². The van der Waals surface area contributed by atoms with E-state index >= 15 is 0 Å². The van der Waals surface area contributed by atoms with Crippen molar-refractivity contribution in [1.82, 2.24) is 0 Å². The Balaban J connectivity index is 3.37. The van der Waals surface area contributed by atoms with Crippen molar-refractivity contribution in [1.29, 1.82) is 5.26 Å². The Kier molecular flexibility index (Phi) is 3.83. The van der Waals surface area contributed by atoms with Crippen LogP contribution in [0.15, 0.2) is 16.6 Å². The summed E-state index contributed by atoms with van der Waals surface area (Å²) in [5.41, 5.74) is 1.01. The monoisotopic (exact) mass is 269 g/mol. The molecule has 1 rings (SSSR count). The molecule has 0 heterocycles. The number of carbonyl (C=O) groups is 1. The minimum absolute atomic E-state index is 0.292. The van der Waals surface area contributed by atoms with Crippen molar-refractivity contribution in [3.63, 3.8) is 0 Å². The first-order chi connectivity index (χ1) is 7.15. The number of aliphatic hydroxyl groups is 1. The Bertz CT molecular complexity index is 437. The first-order valence-electron chi connectivity index (χ1n) is 4.06. The van der Waals surface area contributed by atoms with Crippen LogP contribution in [-0.2, 0) is 11.3 Å². The quantitative estimate of drug-likeness (QED) is 0.828. The van der Waals surface area contributed by atoms with Crippen LogP contribution in [0.5, 0.6) is 0 Å². The average Bonchev–Trinajstić information content (AvgIpc) is 2.27. The van der Waals surface area contributed by atoms with Crippen LogP contribution in [0.2, 0.25) is 0 Å². The number of methoxy groups -OCH3 is 1. The molecule has 15 heavy (non-hydrogen) atoms. The molecular weight excluding hydrogens is 262 g/mol. The predicted octanol–water partition coefficient (Wildman–Crippen LogP) is 1.60. The topological polar surface area (TPSA) is 70.3 Å². The van der Waals surface area contributed by atoms with Crippen LogP contribution in [0.4, 0.5) is 0 Å². The van der Waals surface area contributed by atoms with E-state index in [-0.39, 0.29) is 6.61 Å². The SMILES string of the molecule is COC(=O)c1ccc(C#N)c(CO)c1Br. The molecule has 1 aromatic rings. The van der Waals surface area contributed by atoms with Crippen LogP contribution >= 0.6 is 15.9 Å². The molecule has 0 amide bonds. The minimum atomic E-state index is -0.513. The summed E-state index contributed by atoms with van der Waals surface area (Å²) in [6.07, 6.45) is 0. The predicted molar refractivity (Wildman–Crippen MR) is 56.1 cm³/mol. The van der Waals surface area contributed by atoms with Gasteiger partial charge in [0.25, 0.3) is 0 Å². The van der Waals surface area contributed by atoms with E-state index < -0.39 is 5.97 Å². The van der Waals surface area contributed by atoms with Crippen molar-refractivity contribution in [2.45, 2.75) is 6.61 Å². The molecule has 0 aliphatic rings. The van der Waals surface area contributed by atoms with Gasteiger partial charge in [0.05, 0.1) is 30.9 Å². The molecule has 0 saturated carbocycles. The van der Waals surface area contributed by atoms with Gasteiger partial charge in [-0.1, -0.05) is 0 Å². The molecule has 4 nitrogen and oxygen atoms in total. The molecule has 0 aliphatic heterocycles. The fraction of sp³-hybridized carbons (Fsp3) is 0.200. The third-order valence-electron chi connectivity index (χ3n) is 1.93. The lowest BCUT2D eigenvalue weighted by Crippen LogP contribution is -2.05. The second-order valence-corrected chi connectivity index (χ2v) is 3.51. The second-order valence-electron chi connectivity index (χ2n) is 2.71. The Hall–Kier alpha value is -1.38. The number of rotatable bonds is 2. The minimum Gasteiger partial charge on any atom is -0.465 e. The van der Waals surface area contributed by atoms with E-state index in [2.05, 4.69) is 20.7 Å². The van der Waals surface area contributed by atoms with Crippen molar-refractivity contribution in [2.75, 3.05) is 7.11 Å². The lowest BCUT2D eigenvalue weighted by atomic mass is 10.1. The first-order valence-corrected chi connectivity index (χ1v) is 4.85. The molecule has 0 bridgehead atoms. The Morgan fingerprint density at radius 1 is 1.67 bits per heavy atom. The number of esters is 1. The molecule has 0 aliphatic carbocycles. The van der Waals surface area contributed by atoms with Crippen LogP contribution in [0.3, 0.4) is 0 Å². The van der Waals surface area contributed by atoms with Crippen LogP contribution in [0.25, 0.3) is 0 Å². The van der Waals surface area contributed by atoms with Gasteiger partial charge in [0.2, 0.25) is 0 Å². The van der Waals surface area contributed by atoms with Crippen molar-refractivity contribution in [2.24, 2.45) is 0 Å². The summed E-state index contributed by atoms with van der Waals surface area (Å²) >= 11 is 3.16. The molecule has 5 heteroatoms. The number of carbonyl (C=O) groups excluding carboxylic acids is 1. The molecule has 78 valence electrons. The molecule has 0 aromatic heterocycles. The fourth-order valence-corrected chi connectivity index (χ4v) is 1.78. The van der Waals surface area contributed by atoms with Gasteiger partial charge in [-0.25, -0.2) is 4.79 Å². The Morgan fingerprint density at radius 2 is 2.33 bits per heavy atom. The zero-order chi connectivity index (χ0) is 11.4. The molecule has 0 spiro atoms. The van der Waals surface area contributed by atoms with E-state index in [0.29, 0.717) is 21.2 Å². The third-order valence-corrected chi connectivity index (χ3v) is 2.83. The van der Waals surface area contributed by atoms with Crippen LogP contribution in [0, 0.1) is 11.3 Å². The van der Waals surface area contributed by atoms with E-state index in [1.807, 2.05) is 6.07 Å². The number of nitrogens with zero attached hydrogens (tertiary/aromatic N) is 1. The van der Waals surface area contributed by atoms with Gasteiger partial charge in [-0.15, -0.1) is 0 Å². The second kappa shape index (κ2) is 4.91. The summed E-state index contributed by atoms with van der Waals surface area (Å²) in [4.78, 5) is 11.3. The molecule has 0 unspecified atom stereocenters. The summed E-state index contributed by atoms with van der Waals surface area (Å²) < 4.78 is 4.96. The Morgan fingerprint density at radius 3 is 2.80 bits per heavy atom. The summed E-state index contributed by atoms with van der Waals surface area (Å²) in [7, 11) is 1.27. The smallest absolute Gasteiger partial charge is 0.339 e. The highest BCUT2D eigenvalue weighted by atomic mass is 79.9. The highest BCUT2D eigenvalue weighted by Crippen LogP contribution is 2.25. The molecule has 1 aromatic carbocycles. The summed E-state index contributed by atoms with van der Waals surface area (Å²) in [5, 5.41) is 17.8. The number of halogens is 1. The van der Waals surface area contributed by atoms with E-state index in [0.717, 1.165) is 0 Å². The van der Waals surface area contributed by atoms with Crippen molar-refractivity contribution in [3.8, 4) is 6.07 Å². The lowest BCUT2D eigenvalue weighted by molar-refractivity contribution is 0.0599. The number of aliphatic hydroxyl groups excluding tert-OH is 1. The van der Waals surface area contributed by atoms with Crippen LogP contribution in [0.1, 0.15) is 21.5 Å². The number of hydrogen-bond acceptors (Lipinski definition) is 4. The summed E-state index contributed by atoms with van der Waals surface area (Å²) in [6.45, 7) is -0.311. The lowest BCUT2D eigenvalue weighted by Gasteiger charge is -2.07. The van der Waals surface area contributed by atoms with Gasteiger partial charge in [0.15, 0.2) is 0 Å². The van der Waals surface area contributed by atoms with E-state index in [4.69, 9.17) is 10.4 Å². The van der Waals surface area contributed by atoms with Gasteiger partial charge in [-0.3, -0.25) is 0 Å². The highest BCUT2D eigenvalue weighted by Gasteiger charge is 2.15. The maximum atomic E-state index is 11.3. The molecule has 0 saturated heterocycles. The first kappa shape index (κ1) is 11.7. The van der Waals surface area contributed by atoms with Gasteiger partial charge in [-0.2, -0.15) is 5.26 Å². The zero-order valence-corrected chi connectivity index (χ0v) is 9.54. The third kappa shape index (κ3) is 2.17. The highest BCUT2D eigenvalue weighted by molar-refractivity contribution is 9.10. The maximum absolute atomic E-state index is 11.3. The summed E-state index contributed by atoms with van der Waals surface area (Å²) in [6, 6.07) is 4.88. The van der Waals surface area contributed by atoms with Crippen molar-refractivity contribution < 1.29 is 14.6 Å². The van der Waals surface area contributed by atoms with E-state index in [9.17, 15) is 4.79 Å². The number of hydrogen-bond donors (Lipinski definition) is 1. The fourth-order valence-electron chi connectivity index (χ4n) is 1.15. The average molecular weight is 270 g/mol. The van der Waals surface area contributed by atoms with Crippen molar-refractivity contribution >= 4 is 21.9 Å². The number of nitriles is 1. The zero-order valence-electron chi connectivity index (χ0n) is 7.95. The summed E-state index contributed by atoms with van der Waals surface area (Å²) in [5.74, 6) is -0.513. The van der Waals surface area contributed by atoms with Gasteiger partial charge >= 0.3 is 5.97 Å². The largest absolute Gasteiger partial charge is 0.465 e. The van der Waals surface area contributed by atoms with Gasteiger partial charge in [0, 0.05) is 10.0 Å². The maximum Gasteiger partial charge on any atom is 0.339 e. The van der Waals surface area contributed by atoms with Gasteiger partial charge in [-0.05, 0) is 28.1 Å². The van der Waals surface area contributed by atoms with Gasteiger partial charge in [0.1, 0.15) is 0 Å². The van der Waals surface area contributed by atoms with Crippen molar-refractivity contribution in [3.05, 3.63) is 33.3 Å². The standard InChI is InChI=1S/C10H8BrNO3/c1-15-10(14)7-3-2-6(4-12)8(5-13)9(7)11/h2-3,13H,5H2,1H3. The molecular formula is C10H8BrNO3. The van der Waals surface area contributed by atoms with Crippen LogP contribution < -0.4 is 0 Å². The van der Waals surface area contributed by atoms with E-state index in [1.54, 1.807) is 0 Å². The normalized spacial score (nSPS) is 9.47. The van der Waals surface area contributed by atoms with Crippen LogP contribution in [-0.4, -0.2) is 18.2 Å². The number of benzene rings is 1.